The average molecular weight is 326 g/mol. The van der Waals surface area contributed by atoms with E-state index in [0.717, 1.165) is 43.4 Å². The highest BCUT2D eigenvalue weighted by Crippen LogP contribution is 2.20. The zero-order chi connectivity index (χ0) is 16.9. The fraction of sp³-hybridized carbons (Fsp3) is 0.500. The van der Waals surface area contributed by atoms with Crippen LogP contribution in [0.1, 0.15) is 23.4 Å². The van der Waals surface area contributed by atoms with E-state index < -0.39 is 0 Å². The fourth-order valence-corrected chi connectivity index (χ4v) is 3.09. The topological polar surface area (TPSA) is 57.2 Å². The summed E-state index contributed by atoms with van der Waals surface area (Å²) in [6, 6.07) is 6.10. The highest BCUT2D eigenvalue weighted by molar-refractivity contribution is 5.48. The second kappa shape index (κ2) is 7.57. The van der Waals surface area contributed by atoms with E-state index in [2.05, 4.69) is 43.2 Å². The summed E-state index contributed by atoms with van der Waals surface area (Å²) in [4.78, 5) is 18.3. The lowest BCUT2D eigenvalue weighted by molar-refractivity contribution is 0.360. The summed E-state index contributed by atoms with van der Waals surface area (Å²) in [5, 5.41) is 3.35. The summed E-state index contributed by atoms with van der Waals surface area (Å²) in [5.41, 5.74) is 3.14. The van der Waals surface area contributed by atoms with Crippen molar-refractivity contribution in [3.05, 3.63) is 41.3 Å². The zero-order valence-electron chi connectivity index (χ0n) is 14.8. The van der Waals surface area contributed by atoms with E-state index in [1.54, 1.807) is 0 Å². The van der Waals surface area contributed by atoms with Gasteiger partial charge in [0, 0.05) is 49.3 Å². The largest absolute Gasteiger partial charge is 0.355 e. The number of hydrogen-bond acceptors (Lipinski definition) is 6. The number of nitrogens with one attached hydrogen (secondary N) is 1. The Morgan fingerprint density at radius 3 is 2.67 bits per heavy atom. The third-order valence-corrected chi connectivity index (χ3v) is 4.31. The van der Waals surface area contributed by atoms with E-state index in [4.69, 9.17) is 0 Å². The molecule has 0 amide bonds. The maximum atomic E-state index is 4.64. The number of anilines is 2. The summed E-state index contributed by atoms with van der Waals surface area (Å²) in [6.45, 7) is 8.94. The molecule has 0 aromatic carbocycles. The molecule has 0 bridgehead atoms. The van der Waals surface area contributed by atoms with Crippen molar-refractivity contribution in [2.45, 2.75) is 26.8 Å². The smallest absolute Gasteiger partial charge is 0.223 e. The third-order valence-electron chi connectivity index (χ3n) is 4.31. The second-order valence-corrected chi connectivity index (χ2v) is 6.46. The first-order valence-electron chi connectivity index (χ1n) is 8.55. The SMILES string of the molecule is Cc1cc(C)nc(NCc2cccnc2N2CCCN(C)CC2)n1. The van der Waals surface area contributed by atoms with Crippen LogP contribution < -0.4 is 10.2 Å². The van der Waals surface area contributed by atoms with E-state index in [-0.39, 0.29) is 0 Å². The summed E-state index contributed by atoms with van der Waals surface area (Å²) < 4.78 is 0. The van der Waals surface area contributed by atoms with Crippen LogP contribution in [0.3, 0.4) is 0 Å². The number of pyridine rings is 1. The number of rotatable bonds is 4. The van der Waals surface area contributed by atoms with Crippen LogP contribution in [-0.4, -0.2) is 53.1 Å². The van der Waals surface area contributed by atoms with Crippen molar-refractivity contribution in [1.29, 1.82) is 0 Å². The Balaban J connectivity index is 1.74. The molecule has 1 fully saturated rings. The Morgan fingerprint density at radius 1 is 1.08 bits per heavy atom. The van der Waals surface area contributed by atoms with Crippen molar-refractivity contribution in [2.24, 2.45) is 0 Å². The Bertz CT molecular complexity index is 667. The lowest BCUT2D eigenvalue weighted by Gasteiger charge is -2.24. The molecule has 0 saturated carbocycles. The van der Waals surface area contributed by atoms with Gasteiger partial charge < -0.3 is 15.1 Å². The first-order chi connectivity index (χ1) is 11.6. The van der Waals surface area contributed by atoms with Crippen LogP contribution in [0.2, 0.25) is 0 Å². The molecule has 1 aliphatic rings. The Morgan fingerprint density at radius 2 is 1.88 bits per heavy atom. The summed E-state index contributed by atoms with van der Waals surface area (Å²) in [7, 11) is 2.18. The van der Waals surface area contributed by atoms with Crippen molar-refractivity contribution in [2.75, 3.05) is 43.4 Å². The van der Waals surface area contributed by atoms with Crippen LogP contribution in [0.4, 0.5) is 11.8 Å². The molecular weight excluding hydrogens is 300 g/mol. The van der Waals surface area contributed by atoms with E-state index in [1.165, 1.54) is 12.0 Å². The van der Waals surface area contributed by atoms with Crippen molar-refractivity contribution in [3.63, 3.8) is 0 Å². The van der Waals surface area contributed by atoms with E-state index in [9.17, 15) is 0 Å². The van der Waals surface area contributed by atoms with Gasteiger partial charge in [-0.3, -0.25) is 0 Å². The predicted molar refractivity (Wildman–Crippen MR) is 97.4 cm³/mol. The first-order valence-corrected chi connectivity index (χ1v) is 8.55. The zero-order valence-corrected chi connectivity index (χ0v) is 14.8. The molecule has 128 valence electrons. The lowest BCUT2D eigenvalue weighted by Crippen LogP contribution is -2.30. The molecule has 0 spiro atoms. The molecule has 0 radical (unpaired) electrons. The molecule has 1 N–H and O–H groups in total. The van der Waals surface area contributed by atoms with Gasteiger partial charge >= 0.3 is 0 Å². The molecule has 6 nitrogen and oxygen atoms in total. The molecule has 2 aromatic rings. The Kier molecular flexibility index (Phi) is 5.25. The van der Waals surface area contributed by atoms with Crippen LogP contribution in [0, 0.1) is 13.8 Å². The summed E-state index contributed by atoms with van der Waals surface area (Å²) in [5.74, 6) is 1.75. The molecule has 1 saturated heterocycles. The number of nitrogens with zero attached hydrogens (tertiary/aromatic N) is 5. The van der Waals surface area contributed by atoms with Crippen LogP contribution >= 0.6 is 0 Å². The van der Waals surface area contributed by atoms with E-state index in [1.807, 2.05) is 32.2 Å². The normalized spacial score (nSPS) is 16.0. The minimum atomic E-state index is 0.679. The van der Waals surface area contributed by atoms with E-state index >= 15 is 0 Å². The fourth-order valence-electron chi connectivity index (χ4n) is 3.09. The molecule has 2 aromatic heterocycles. The Hall–Kier alpha value is -2.21. The molecule has 0 atom stereocenters. The van der Waals surface area contributed by atoms with Crippen LogP contribution in [0.25, 0.3) is 0 Å². The van der Waals surface area contributed by atoms with Gasteiger partial charge in [0.15, 0.2) is 0 Å². The van der Waals surface area contributed by atoms with Gasteiger partial charge in [-0.2, -0.15) is 0 Å². The van der Waals surface area contributed by atoms with Crippen molar-refractivity contribution < 1.29 is 0 Å². The molecule has 24 heavy (non-hydrogen) atoms. The van der Waals surface area contributed by atoms with Gasteiger partial charge in [0.1, 0.15) is 5.82 Å². The van der Waals surface area contributed by atoms with E-state index in [0.29, 0.717) is 12.5 Å². The van der Waals surface area contributed by atoms with Gasteiger partial charge in [0.05, 0.1) is 0 Å². The van der Waals surface area contributed by atoms with Gasteiger partial charge in [-0.05, 0) is 46.0 Å². The van der Waals surface area contributed by atoms with Gasteiger partial charge in [0.2, 0.25) is 5.95 Å². The van der Waals surface area contributed by atoms with Crippen LogP contribution in [0.5, 0.6) is 0 Å². The standard InChI is InChI=1S/C18H26N6/c1-14-12-15(2)22-18(21-14)20-13-16-6-4-7-19-17(16)24-9-5-8-23(3)10-11-24/h4,6-7,12H,5,8-11,13H2,1-3H3,(H,20,21,22). The number of likely N-dealkylation sites (N-methyl/N-ethyl adjacent to an activating group) is 1. The molecule has 6 heteroatoms. The number of aryl methyl sites for hydroxylation is 2. The highest BCUT2D eigenvalue weighted by atomic mass is 15.2. The molecule has 3 rings (SSSR count). The van der Waals surface area contributed by atoms with Crippen LogP contribution in [-0.2, 0) is 6.54 Å². The van der Waals surface area contributed by atoms with Gasteiger partial charge in [-0.1, -0.05) is 6.07 Å². The predicted octanol–water partition coefficient (Wildman–Crippen LogP) is 2.24. The monoisotopic (exact) mass is 326 g/mol. The molecule has 0 unspecified atom stereocenters. The minimum absolute atomic E-state index is 0.679. The van der Waals surface area contributed by atoms with Crippen LogP contribution in [0.15, 0.2) is 24.4 Å². The number of aromatic nitrogens is 3. The molecule has 0 aliphatic carbocycles. The highest BCUT2D eigenvalue weighted by Gasteiger charge is 2.16. The third kappa shape index (κ3) is 4.20. The maximum Gasteiger partial charge on any atom is 0.223 e. The summed E-state index contributed by atoms with van der Waals surface area (Å²) >= 11 is 0. The van der Waals surface area contributed by atoms with Crippen molar-refractivity contribution >= 4 is 11.8 Å². The second-order valence-electron chi connectivity index (χ2n) is 6.46. The molecule has 3 heterocycles. The van der Waals surface area contributed by atoms with Gasteiger partial charge in [-0.15, -0.1) is 0 Å². The van der Waals surface area contributed by atoms with Crippen molar-refractivity contribution in [3.8, 4) is 0 Å². The lowest BCUT2D eigenvalue weighted by atomic mass is 10.2. The van der Waals surface area contributed by atoms with Gasteiger partial charge in [0.25, 0.3) is 0 Å². The average Bonchev–Trinajstić information content (AvgIpc) is 2.77. The minimum Gasteiger partial charge on any atom is -0.355 e. The molecular formula is C18H26N6. The van der Waals surface area contributed by atoms with Gasteiger partial charge in [-0.25, -0.2) is 15.0 Å². The van der Waals surface area contributed by atoms with Crippen molar-refractivity contribution in [1.82, 2.24) is 19.9 Å². The summed E-state index contributed by atoms with van der Waals surface area (Å²) in [6.07, 6.45) is 3.04. The quantitative estimate of drug-likeness (QED) is 0.930. The molecule has 1 aliphatic heterocycles. The Labute approximate surface area is 143 Å². The first kappa shape index (κ1) is 16.6. The maximum absolute atomic E-state index is 4.64. The number of hydrogen-bond donors (Lipinski definition) is 1.